The van der Waals surface area contributed by atoms with Crippen LogP contribution in [0.25, 0.3) is 10.9 Å². The van der Waals surface area contributed by atoms with Crippen LogP contribution in [0.4, 0.5) is 0 Å². The number of amides is 2. The monoisotopic (exact) mass is 471 g/mol. The Morgan fingerprint density at radius 3 is 2.31 bits per heavy atom. The van der Waals surface area contributed by atoms with Crippen LogP contribution in [0.1, 0.15) is 76.9 Å². The van der Waals surface area contributed by atoms with E-state index in [9.17, 15) is 9.59 Å². The number of amidine groups is 1. The molecule has 5 rings (SSSR count). The van der Waals surface area contributed by atoms with Gasteiger partial charge < -0.3 is 20.9 Å². The van der Waals surface area contributed by atoms with Crippen LogP contribution in [0.5, 0.6) is 0 Å². The van der Waals surface area contributed by atoms with Gasteiger partial charge >= 0.3 is 0 Å². The van der Waals surface area contributed by atoms with Gasteiger partial charge in [0.2, 0.25) is 0 Å². The second-order valence-corrected chi connectivity index (χ2v) is 9.96. The molecule has 2 aliphatic carbocycles. The number of nitrogens with zero attached hydrogens (tertiary/aromatic N) is 1. The van der Waals surface area contributed by atoms with Crippen molar-refractivity contribution in [1.29, 1.82) is 5.41 Å². The van der Waals surface area contributed by atoms with E-state index in [0.717, 1.165) is 29.3 Å². The van der Waals surface area contributed by atoms with Crippen molar-refractivity contribution in [2.75, 3.05) is 6.54 Å². The van der Waals surface area contributed by atoms with Gasteiger partial charge in [0.1, 0.15) is 11.5 Å². The van der Waals surface area contributed by atoms with Gasteiger partial charge in [-0.25, -0.2) is 0 Å². The number of aromatic nitrogens is 1. The number of nitrogens with two attached hydrogens (primary N) is 1. The highest BCUT2D eigenvalue weighted by atomic mass is 16.2. The molecule has 1 aromatic heterocycles. The molecule has 7 heteroatoms. The zero-order valence-electron chi connectivity index (χ0n) is 20.0. The Hall–Kier alpha value is -3.61. The average Bonchev–Trinajstić information content (AvgIpc) is 3.62. The van der Waals surface area contributed by atoms with Crippen molar-refractivity contribution in [2.24, 2.45) is 11.7 Å². The fourth-order valence-corrected chi connectivity index (χ4v) is 4.94. The molecule has 35 heavy (non-hydrogen) atoms. The van der Waals surface area contributed by atoms with Gasteiger partial charge in [0.15, 0.2) is 0 Å². The molecule has 7 nitrogen and oxygen atoms in total. The number of nitrogen functional groups attached to an aromatic ring is 1. The van der Waals surface area contributed by atoms with E-state index in [1.54, 1.807) is 0 Å². The van der Waals surface area contributed by atoms with Crippen LogP contribution in [0.15, 0.2) is 48.5 Å². The van der Waals surface area contributed by atoms with Gasteiger partial charge in [-0.15, -0.1) is 0 Å². The highest BCUT2D eigenvalue weighted by Crippen LogP contribution is 2.25. The Morgan fingerprint density at radius 1 is 0.914 bits per heavy atom. The number of rotatable bonds is 8. The maximum atomic E-state index is 13.3. The molecule has 1 heterocycles. The van der Waals surface area contributed by atoms with E-state index in [1.165, 1.54) is 32.1 Å². The number of carbonyl (C=O) groups is 2. The van der Waals surface area contributed by atoms with Crippen molar-refractivity contribution in [1.82, 2.24) is 15.2 Å². The quantitative estimate of drug-likeness (QED) is 0.292. The average molecular weight is 472 g/mol. The van der Waals surface area contributed by atoms with Crippen molar-refractivity contribution in [3.05, 3.63) is 70.9 Å². The molecule has 2 amide bonds. The van der Waals surface area contributed by atoms with Crippen molar-refractivity contribution in [2.45, 2.75) is 57.5 Å². The largest absolute Gasteiger partial charge is 0.384 e. The second-order valence-electron chi connectivity index (χ2n) is 9.96. The fraction of sp³-hybridized carbons (Fsp3) is 0.393. The first kappa shape index (κ1) is 23.1. The third kappa shape index (κ3) is 5.39. The third-order valence-corrected chi connectivity index (χ3v) is 7.19. The first-order chi connectivity index (χ1) is 17.0. The Morgan fingerprint density at radius 2 is 1.63 bits per heavy atom. The first-order valence-electron chi connectivity index (χ1n) is 12.6. The standard InChI is InChI=1S/C28H33N5O2/c29-26(30)22-11-10-21-14-25(28(35)31-16-18-4-2-1-3-5-18)33(24(21)15-22)17-19-6-8-20(9-7-19)27(34)32-23-12-13-23/h6-11,14-15,18,23H,1-5,12-13,16-17H2,(H3,29,30)(H,31,35)(H,32,34). The minimum absolute atomic E-state index is 0.00558. The number of hydrogen-bond acceptors (Lipinski definition) is 3. The normalized spacial score (nSPS) is 16.2. The molecule has 0 bridgehead atoms. The smallest absolute Gasteiger partial charge is 0.267 e. The van der Waals surface area contributed by atoms with Gasteiger partial charge in [0, 0.05) is 41.2 Å². The van der Waals surface area contributed by atoms with E-state index < -0.39 is 0 Å². The maximum absolute atomic E-state index is 13.3. The summed E-state index contributed by atoms with van der Waals surface area (Å²) in [4.78, 5) is 25.6. The summed E-state index contributed by atoms with van der Waals surface area (Å²) in [6.45, 7) is 1.17. The van der Waals surface area contributed by atoms with E-state index in [-0.39, 0.29) is 17.6 Å². The summed E-state index contributed by atoms with van der Waals surface area (Å²) in [7, 11) is 0. The molecule has 2 fully saturated rings. The molecule has 0 saturated heterocycles. The molecular formula is C28H33N5O2. The highest BCUT2D eigenvalue weighted by molar-refractivity contribution is 6.02. The fourth-order valence-electron chi connectivity index (χ4n) is 4.94. The molecule has 2 aromatic carbocycles. The van der Waals surface area contributed by atoms with E-state index in [2.05, 4.69) is 10.6 Å². The number of carbonyl (C=O) groups excluding carboxylic acids is 2. The first-order valence-corrected chi connectivity index (χ1v) is 12.6. The Labute approximate surface area is 205 Å². The van der Waals surface area contributed by atoms with Crippen LogP contribution >= 0.6 is 0 Å². The molecule has 0 aliphatic heterocycles. The Bertz CT molecular complexity index is 1250. The van der Waals surface area contributed by atoms with Crippen LogP contribution in [-0.2, 0) is 6.54 Å². The second kappa shape index (κ2) is 9.94. The van der Waals surface area contributed by atoms with Crippen LogP contribution in [0.2, 0.25) is 0 Å². The summed E-state index contributed by atoms with van der Waals surface area (Å²) < 4.78 is 1.98. The molecule has 0 unspecified atom stereocenters. The van der Waals surface area contributed by atoms with Crippen LogP contribution < -0.4 is 16.4 Å². The van der Waals surface area contributed by atoms with Gasteiger partial charge in [-0.3, -0.25) is 15.0 Å². The number of fused-ring (bicyclic) bond motifs is 1. The van der Waals surface area contributed by atoms with Crippen molar-refractivity contribution >= 4 is 28.6 Å². The molecule has 2 aliphatic rings. The van der Waals surface area contributed by atoms with Gasteiger partial charge in [0.25, 0.3) is 11.8 Å². The summed E-state index contributed by atoms with van der Waals surface area (Å²) in [6.07, 6.45) is 8.22. The highest BCUT2D eigenvalue weighted by Gasteiger charge is 2.24. The molecule has 3 aromatic rings. The van der Waals surface area contributed by atoms with Crippen molar-refractivity contribution in [3.63, 3.8) is 0 Å². The molecular weight excluding hydrogens is 438 g/mol. The molecule has 182 valence electrons. The summed E-state index contributed by atoms with van der Waals surface area (Å²) in [5.41, 5.74) is 9.44. The lowest BCUT2D eigenvalue weighted by Gasteiger charge is -2.22. The molecule has 0 spiro atoms. The predicted octanol–water partition coefficient (Wildman–Crippen LogP) is 4.18. The van der Waals surface area contributed by atoms with Gasteiger partial charge in [-0.05, 0) is 61.4 Å². The molecule has 5 N–H and O–H groups in total. The SMILES string of the molecule is N=C(N)c1ccc2cc(C(=O)NCC3CCCCC3)n(Cc3ccc(C(=O)NC4CC4)cc3)c2c1. The minimum atomic E-state index is -0.0865. The molecule has 2 saturated carbocycles. The lowest BCUT2D eigenvalue weighted by molar-refractivity contribution is 0.0932. The minimum Gasteiger partial charge on any atom is -0.384 e. The Balaban J connectivity index is 1.41. The number of benzene rings is 2. The van der Waals surface area contributed by atoms with Gasteiger partial charge in [-0.1, -0.05) is 43.5 Å². The Kier molecular flexibility index (Phi) is 6.57. The number of hydrogen-bond donors (Lipinski definition) is 4. The predicted molar refractivity (Wildman–Crippen MR) is 138 cm³/mol. The van der Waals surface area contributed by atoms with Crippen LogP contribution in [-0.4, -0.2) is 34.8 Å². The molecule has 0 radical (unpaired) electrons. The zero-order valence-corrected chi connectivity index (χ0v) is 20.0. The van der Waals surface area contributed by atoms with E-state index in [1.807, 2.05) is 53.1 Å². The summed E-state index contributed by atoms with van der Waals surface area (Å²) in [5.74, 6) is 0.411. The zero-order chi connectivity index (χ0) is 24.4. The lowest BCUT2D eigenvalue weighted by atomic mass is 9.89. The third-order valence-electron chi connectivity index (χ3n) is 7.19. The molecule has 0 atom stereocenters. The summed E-state index contributed by atoms with van der Waals surface area (Å²) in [5, 5.41) is 14.9. The summed E-state index contributed by atoms with van der Waals surface area (Å²) in [6, 6.07) is 15.4. The van der Waals surface area contributed by atoms with Crippen LogP contribution in [0, 0.1) is 11.3 Å². The van der Waals surface area contributed by atoms with Gasteiger partial charge in [-0.2, -0.15) is 0 Å². The summed E-state index contributed by atoms with van der Waals surface area (Å²) >= 11 is 0. The van der Waals surface area contributed by atoms with E-state index in [0.29, 0.717) is 41.9 Å². The lowest BCUT2D eigenvalue weighted by Crippen LogP contribution is -2.31. The van der Waals surface area contributed by atoms with Gasteiger partial charge in [0.05, 0.1) is 0 Å². The van der Waals surface area contributed by atoms with Crippen molar-refractivity contribution in [3.8, 4) is 0 Å². The van der Waals surface area contributed by atoms with Crippen molar-refractivity contribution < 1.29 is 9.59 Å². The van der Waals surface area contributed by atoms with Crippen LogP contribution in [0.3, 0.4) is 0 Å². The number of nitrogens with one attached hydrogen (secondary N) is 3. The van der Waals surface area contributed by atoms with E-state index in [4.69, 9.17) is 11.1 Å². The van der Waals surface area contributed by atoms with E-state index >= 15 is 0 Å². The topological polar surface area (TPSA) is 113 Å². The maximum Gasteiger partial charge on any atom is 0.267 e.